The Balaban J connectivity index is 1.90. The van der Waals surface area contributed by atoms with Gasteiger partial charge in [-0.15, -0.1) is 11.3 Å². The molecular formula is C17H18ClNO3S. The van der Waals surface area contributed by atoms with E-state index in [0.29, 0.717) is 25.9 Å². The maximum absolute atomic E-state index is 12.3. The first-order valence-electron chi connectivity index (χ1n) is 7.33. The van der Waals surface area contributed by atoms with Crippen LogP contribution in [0.3, 0.4) is 0 Å². The number of hydrogen-bond acceptors (Lipinski definition) is 3. The molecule has 2 rings (SSSR count). The molecule has 23 heavy (non-hydrogen) atoms. The highest BCUT2D eigenvalue weighted by Gasteiger charge is 2.13. The van der Waals surface area contributed by atoms with E-state index < -0.39 is 5.97 Å². The first-order valence-corrected chi connectivity index (χ1v) is 8.53. The Morgan fingerprint density at radius 1 is 1.17 bits per heavy atom. The van der Waals surface area contributed by atoms with Crippen LogP contribution in [0.15, 0.2) is 36.4 Å². The Kier molecular flexibility index (Phi) is 6.19. The number of nitrogens with zero attached hydrogens (tertiary/aromatic N) is 1. The van der Waals surface area contributed by atoms with Gasteiger partial charge in [-0.3, -0.25) is 4.79 Å². The number of benzene rings is 1. The van der Waals surface area contributed by atoms with Gasteiger partial charge in [-0.05, 0) is 43.2 Å². The third-order valence-electron chi connectivity index (χ3n) is 3.54. The van der Waals surface area contributed by atoms with Crippen molar-refractivity contribution in [1.82, 2.24) is 4.90 Å². The van der Waals surface area contributed by atoms with Crippen molar-refractivity contribution in [3.63, 3.8) is 0 Å². The van der Waals surface area contributed by atoms with Gasteiger partial charge in [0.15, 0.2) is 0 Å². The largest absolute Gasteiger partial charge is 0.478 e. The second-order valence-corrected chi connectivity index (χ2v) is 6.92. The number of carbonyl (C=O) groups is 2. The number of carboxylic acid groups (broad SMARTS) is 1. The van der Waals surface area contributed by atoms with Crippen LogP contribution in [0.1, 0.15) is 34.1 Å². The van der Waals surface area contributed by atoms with Gasteiger partial charge in [0, 0.05) is 17.8 Å². The van der Waals surface area contributed by atoms with Crippen LogP contribution in [0, 0.1) is 0 Å². The van der Waals surface area contributed by atoms with E-state index in [9.17, 15) is 9.59 Å². The average molecular weight is 352 g/mol. The lowest BCUT2D eigenvalue weighted by Crippen LogP contribution is -2.30. The number of aryl methyl sites for hydroxylation is 1. The summed E-state index contributed by atoms with van der Waals surface area (Å²) in [6.07, 6.45) is 1.000. The van der Waals surface area contributed by atoms with Gasteiger partial charge in [-0.2, -0.15) is 0 Å². The molecule has 0 aliphatic carbocycles. The molecule has 1 amide bonds. The van der Waals surface area contributed by atoms with Crippen LogP contribution in [0.4, 0.5) is 0 Å². The molecule has 0 fully saturated rings. The quantitative estimate of drug-likeness (QED) is 0.817. The lowest BCUT2D eigenvalue weighted by Gasteiger charge is -2.20. The van der Waals surface area contributed by atoms with Gasteiger partial charge in [0.1, 0.15) is 0 Å². The van der Waals surface area contributed by atoms with E-state index >= 15 is 0 Å². The van der Waals surface area contributed by atoms with E-state index in [1.54, 1.807) is 29.2 Å². The summed E-state index contributed by atoms with van der Waals surface area (Å²) < 4.78 is 0.724. The first kappa shape index (κ1) is 17.5. The number of amides is 1. The Labute approximate surface area is 144 Å². The van der Waals surface area contributed by atoms with Crippen molar-refractivity contribution in [3.05, 3.63) is 56.7 Å². The van der Waals surface area contributed by atoms with Gasteiger partial charge in [0.2, 0.25) is 5.91 Å². The Bertz CT molecular complexity index is 681. The maximum atomic E-state index is 12.3. The number of carboxylic acids is 1. The molecule has 0 bridgehead atoms. The number of aromatic carboxylic acids is 1. The van der Waals surface area contributed by atoms with Crippen molar-refractivity contribution in [3.8, 4) is 0 Å². The topological polar surface area (TPSA) is 57.6 Å². The smallest absolute Gasteiger partial charge is 0.335 e. The fraction of sp³-hybridized carbons (Fsp3) is 0.294. The fourth-order valence-corrected chi connectivity index (χ4v) is 3.33. The number of thiophene rings is 1. The minimum atomic E-state index is -0.945. The van der Waals surface area contributed by atoms with Crippen LogP contribution >= 0.6 is 22.9 Å². The van der Waals surface area contributed by atoms with Crippen molar-refractivity contribution < 1.29 is 14.7 Å². The molecule has 4 nitrogen and oxygen atoms in total. The fourth-order valence-electron chi connectivity index (χ4n) is 2.22. The van der Waals surface area contributed by atoms with E-state index in [2.05, 4.69) is 0 Å². The minimum Gasteiger partial charge on any atom is -0.478 e. The summed E-state index contributed by atoms with van der Waals surface area (Å²) in [5, 5.41) is 8.87. The monoisotopic (exact) mass is 351 g/mol. The molecule has 0 radical (unpaired) electrons. The van der Waals surface area contributed by atoms with E-state index in [1.807, 2.05) is 19.1 Å². The van der Waals surface area contributed by atoms with Crippen LogP contribution in [0.2, 0.25) is 4.34 Å². The summed E-state index contributed by atoms with van der Waals surface area (Å²) in [4.78, 5) is 26.0. The zero-order chi connectivity index (χ0) is 16.8. The van der Waals surface area contributed by atoms with Crippen LogP contribution in [-0.4, -0.2) is 28.4 Å². The minimum absolute atomic E-state index is 0.0827. The molecule has 122 valence electrons. The van der Waals surface area contributed by atoms with Crippen molar-refractivity contribution in [2.24, 2.45) is 0 Å². The average Bonchev–Trinajstić information content (AvgIpc) is 2.95. The zero-order valence-corrected chi connectivity index (χ0v) is 14.4. The predicted molar refractivity (Wildman–Crippen MR) is 92.1 cm³/mol. The van der Waals surface area contributed by atoms with Crippen molar-refractivity contribution in [2.75, 3.05) is 6.54 Å². The molecule has 6 heteroatoms. The molecule has 2 aromatic rings. The van der Waals surface area contributed by atoms with Gasteiger partial charge < -0.3 is 10.0 Å². The van der Waals surface area contributed by atoms with Crippen molar-refractivity contribution >= 4 is 34.8 Å². The van der Waals surface area contributed by atoms with E-state index in [4.69, 9.17) is 16.7 Å². The molecule has 0 spiro atoms. The highest BCUT2D eigenvalue weighted by Crippen LogP contribution is 2.23. The molecule has 0 aliphatic heterocycles. The highest BCUT2D eigenvalue weighted by atomic mass is 35.5. The van der Waals surface area contributed by atoms with E-state index in [1.165, 1.54) is 11.3 Å². The van der Waals surface area contributed by atoms with Gasteiger partial charge in [-0.1, -0.05) is 23.7 Å². The predicted octanol–water partition coefficient (Wildman–Crippen LogP) is 4.08. The maximum Gasteiger partial charge on any atom is 0.335 e. The standard InChI is InChI=1S/C17H18ClNO3S/c1-2-19(11-14-8-9-15(18)23-14)16(20)10-5-12-3-6-13(7-4-12)17(21)22/h3-4,6-9H,2,5,10-11H2,1H3,(H,21,22). The van der Waals surface area contributed by atoms with Crippen LogP contribution in [0.5, 0.6) is 0 Å². The third-order valence-corrected chi connectivity index (χ3v) is 4.75. The van der Waals surface area contributed by atoms with Gasteiger partial charge in [-0.25, -0.2) is 4.79 Å². The molecule has 1 aromatic heterocycles. The van der Waals surface area contributed by atoms with Gasteiger partial charge >= 0.3 is 5.97 Å². The van der Waals surface area contributed by atoms with Gasteiger partial charge in [0.05, 0.1) is 16.4 Å². The van der Waals surface area contributed by atoms with Crippen molar-refractivity contribution in [1.29, 1.82) is 0 Å². The number of carbonyl (C=O) groups excluding carboxylic acids is 1. The third kappa shape index (κ3) is 5.08. The Morgan fingerprint density at radius 2 is 1.87 bits per heavy atom. The summed E-state index contributed by atoms with van der Waals surface area (Å²) in [7, 11) is 0. The lowest BCUT2D eigenvalue weighted by atomic mass is 10.1. The molecule has 1 aromatic carbocycles. The molecule has 1 heterocycles. The van der Waals surface area contributed by atoms with Crippen LogP contribution < -0.4 is 0 Å². The number of rotatable bonds is 7. The summed E-state index contributed by atoms with van der Waals surface area (Å²) in [6, 6.07) is 10.4. The zero-order valence-electron chi connectivity index (χ0n) is 12.8. The van der Waals surface area contributed by atoms with Crippen LogP contribution in [-0.2, 0) is 17.8 Å². The summed E-state index contributed by atoms with van der Waals surface area (Å²) in [5.74, 6) is -0.862. The number of halogens is 1. The molecule has 0 saturated heterocycles. The molecule has 0 aliphatic rings. The molecule has 0 saturated carbocycles. The second kappa shape index (κ2) is 8.13. The number of hydrogen-bond donors (Lipinski definition) is 1. The second-order valence-electron chi connectivity index (χ2n) is 5.12. The van der Waals surface area contributed by atoms with Gasteiger partial charge in [0.25, 0.3) is 0 Å². The summed E-state index contributed by atoms with van der Waals surface area (Å²) in [6.45, 7) is 3.17. The Morgan fingerprint density at radius 3 is 2.39 bits per heavy atom. The van der Waals surface area contributed by atoms with Crippen LogP contribution in [0.25, 0.3) is 0 Å². The summed E-state index contributed by atoms with van der Waals surface area (Å²) >= 11 is 7.40. The normalized spacial score (nSPS) is 10.5. The van der Waals surface area contributed by atoms with Crippen molar-refractivity contribution in [2.45, 2.75) is 26.3 Å². The molecule has 0 unspecified atom stereocenters. The molecule has 0 atom stereocenters. The van der Waals surface area contributed by atoms with E-state index in [0.717, 1.165) is 14.8 Å². The molecular weight excluding hydrogens is 334 g/mol. The van der Waals surface area contributed by atoms with E-state index in [-0.39, 0.29) is 11.5 Å². The SMILES string of the molecule is CCN(Cc1ccc(Cl)s1)C(=O)CCc1ccc(C(=O)O)cc1. The first-order chi connectivity index (χ1) is 11.0. The Hall–Kier alpha value is -1.85. The highest BCUT2D eigenvalue weighted by molar-refractivity contribution is 7.16. The molecule has 1 N–H and O–H groups in total. The summed E-state index contributed by atoms with van der Waals surface area (Å²) in [5.41, 5.74) is 1.21. The lowest BCUT2D eigenvalue weighted by molar-refractivity contribution is -0.131.